The van der Waals surface area contributed by atoms with Crippen molar-refractivity contribution < 1.29 is 9.85 Å². The van der Waals surface area contributed by atoms with E-state index in [0.717, 1.165) is 6.07 Å². The molecular formula is C12H11N5O4. The molecule has 0 saturated heterocycles. The van der Waals surface area contributed by atoms with Crippen molar-refractivity contribution in [3.63, 3.8) is 0 Å². The van der Waals surface area contributed by atoms with Crippen LogP contribution in [-0.2, 0) is 6.54 Å². The van der Waals surface area contributed by atoms with Crippen LogP contribution in [0.4, 0.5) is 17.1 Å². The Balaban J connectivity index is 2.23. The van der Waals surface area contributed by atoms with Crippen molar-refractivity contribution in [2.45, 2.75) is 13.5 Å². The fraction of sp³-hybridized carbons (Fsp3) is 0.167. The molecule has 0 unspecified atom stereocenters. The maximum absolute atomic E-state index is 11.0. The van der Waals surface area contributed by atoms with Crippen molar-refractivity contribution in [2.75, 3.05) is 5.32 Å². The highest BCUT2D eigenvalue weighted by Crippen LogP contribution is 2.29. The molecule has 108 valence electrons. The van der Waals surface area contributed by atoms with E-state index < -0.39 is 9.85 Å². The van der Waals surface area contributed by atoms with Gasteiger partial charge in [-0.3, -0.25) is 20.2 Å². The second-order valence-corrected chi connectivity index (χ2v) is 4.16. The molecule has 0 bridgehead atoms. The number of benzene rings is 1. The Hall–Kier alpha value is -3.10. The zero-order valence-corrected chi connectivity index (χ0v) is 11.0. The van der Waals surface area contributed by atoms with Gasteiger partial charge in [0.1, 0.15) is 11.5 Å². The Bertz CT molecular complexity index is 704. The first-order chi connectivity index (χ1) is 9.97. The average Bonchev–Trinajstić information content (AvgIpc) is 2.44. The van der Waals surface area contributed by atoms with Crippen molar-refractivity contribution in [3.8, 4) is 0 Å². The summed E-state index contributed by atoms with van der Waals surface area (Å²) in [6.45, 7) is 1.99. The fourth-order valence-corrected chi connectivity index (χ4v) is 1.72. The van der Waals surface area contributed by atoms with E-state index in [1.54, 1.807) is 19.2 Å². The molecule has 0 aliphatic heterocycles. The highest BCUT2D eigenvalue weighted by molar-refractivity contribution is 5.65. The molecular weight excluding hydrogens is 278 g/mol. The lowest BCUT2D eigenvalue weighted by Gasteiger charge is -2.06. The van der Waals surface area contributed by atoms with E-state index in [-0.39, 0.29) is 23.6 Å². The molecule has 0 amide bonds. The third-order valence-corrected chi connectivity index (χ3v) is 2.68. The van der Waals surface area contributed by atoms with E-state index in [9.17, 15) is 20.2 Å². The summed E-state index contributed by atoms with van der Waals surface area (Å²) in [6.07, 6.45) is 1.59. The van der Waals surface area contributed by atoms with Gasteiger partial charge in [0.05, 0.1) is 28.2 Å². The highest BCUT2D eigenvalue weighted by Gasteiger charge is 2.19. The van der Waals surface area contributed by atoms with Gasteiger partial charge in [0.2, 0.25) is 0 Å². The van der Waals surface area contributed by atoms with Gasteiger partial charge in [0.15, 0.2) is 0 Å². The van der Waals surface area contributed by atoms with Gasteiger partial charge in [-0.25, -0.2) is 9.97 Å². The van der Waals surface area contributed by atoms with Crippen molar-refractivity contribution in [2.24, 2.45) is 0 Å². The molecule has 1 aromatic heterocycles. The summed E-state index contributed by atoms with van der Waals surface area (Å²) in [7, 11) is 0. The third-order valence-electron chi connectivity index (χ3n) is 2.68. The van der Waals surface area contributed by atoms with Crippen LogP contribution >= 0.6 is 0 Å². The molecule has 0 radical (unpaired) electrons. The number of nitro benzene ring substituents is 2. The van der Waals surface area contributed by atoms with Crippen LogP contribution in [0, 0.1) is 27.2 Å². The second kappa shape index (κ2) is 5.90. The van der Waals surface area contributed by atoms with Crippen molar-refractivity contribution in [3.05, 3.63) is 62.2 Å². The maximum atomic E-state index is 11.0. The third kappa shape index (κ3) is 3.47. The van der Waals surface area contributed by atoms with Crippen molar-refractivity contribution >= 4 is 17.1 Å². The Morgan fingerprint density at radius 3 is 2.57 bits per heavy atom. The predicted octanol–water partition coefficient (Wildman–Crippen LogP) is 2.21. The Labute approximate surface area is 119 Å². The fourth-order valence-electron chi connectivity index (χ4n) is 1.72. The molecule has 1 N–H and O–H groups in total. The number of anilines is 1. The summed E-state index contributed by atoms with van der Waals surface area (Å²) in [4.78, 5) is 28.4. The lowest BCUT2D eigenvalue weighted by atomic mass is 10.2. The number of nitro groups is 2. The summed E-state index contributed by atoms with van der Waals surface area (Å²) < 4.78 is 0. The number of aryl methyl sites for hydroxylation is 1. The molecule has 0 spiro atoms. The number of hydrogen-bond donors (Lipinski definition) is 1. The average molecular weight is 289 g/mol. The normalized spacial score (nSPS) is 10.1. The molecule has 9 nitrogen and oxygen atoms in total. The summed E-state index contributed by atoms with van der Waals surface area (Å²) in [5.74, 6) is 0.590. The van der Waals surface area contributed by atoms with Gasteiger partial charge in [-0.05, 0) is 19.1 Å². The minimum atomic E-state index is -0.676. The maximum Gasteiger partial charge on any atom is 0.299 e. The monoisotopic (exact) mass is 289 g/mol. The van der Waals surface area contributed by atoms with Gasteiger partial charge in [0, 0.05) is 12.3 Å². The molecule has 9 heteroatoms. The van der Waals surface area contributed by atoms with Gasteiger partial charge in [0.25, 0.3) is 11.4 Å². The first-order valence-electron chi connectivity index (χ1n) is 5.92. The quantitative estimate of drug-likeness (QED) is 0.660. The molecule has 0 aliphatic rings. The molecule has 0 aliphatic carbocycles. The summed E-state index contributed by atoms with van der Waals surface area (Å²) in [5.41, 5.74) is 0.178. The molecule has 21 heavy (non-hydrogen) atoms. The topological polar surface area (TPSA) is 124 Å². The number of non-ortho nitro benzene ring substituents is 1. The van der Waals surface area contributed by atoms with Crippen molar-refractivity contribution in [1.29, 1.82) is 0 Å². The SMILES string of the molecule is Cc1nccc(CNc2ccc([N+](=O)[O-])cc2[N+](=O)[O-])n1. The summed E-state index contributed by atoms with van der Waals surface area (Å²) >= 11 is 0. The van der Waals surface area contributed by atoms with Crippen LogP contribution in [0.15, 0.2) is 30.5 Å². The molecule has 0 fully saturated rings. The second-order valence-electron chi connectivity index (χ2n) is 4.16. The number of aromatic nitrogens is 2. The van der Waals surface area contributed by atoms with Gasteiger partial charge in [-0.1, -0.05) is 0 Å². The highest BCUT2D eigenvalue weighted by atomic mass is 16.6. The number of rotatable bonds is 5. The lowest BCUT2D eigenvalue weighted by Crippen LogP contribution is -2.05. The van der Waals surface area contributed by atoms with Crippen LogP contribution in [-0.4, -0.2) is 19.8 Å². The molecule has 1 aromatic carbocycles. The van der Waals surface area contributed by atoms with Gasteiger partial charge in [-0.2, -0.15) is 0 Å². The molecule has 1 heterocycles. The smallest absolute Gasteiger partial charge is 0.299 e. The first-order valence-corrected chi connectivity index (χ1v) is 5.92. The Morgan fingerprint density at radius 2 is 1.95 bits per heavy atom. The zero-order chi connectivity index (χ0) is 15.4. The summed E-state index contributed by atoms with van der Waals surface area (Å²) in [5, 5.41) is 24.5. The number of nitrogens with zero attached hydrogens (tertiary/aromatic N) is 4. The first kappa shape index (κ1) is 14.3. The van der Waals surface area contributed by atoms with Gasteiger partial charge < -0.3 is 5.32 Å². The zero-order valence-electron chi connectivity index (χ0n) is 11.0. The van der Waals surface area contributed by atoms with E-state index >= 15 is 0 Å². The van der Waals surface area contributed by atoms with E-state index in [1.165, 1.54) is 12.1 Å². The Morgan fingerprint density at radius 1 is 1.19 bits per heavy atom. The number of nitrogens with one attached hydrogen (secondary N) is 1. The van der Waals surface area contributed by atoms with E-state index in [0.29, 0.717) is 11.5 Å². The van der Waals surface area contributed by atoms with E-state index in [1.807, 2.05) is 0 Å². The molecule has 2 aromatic rings. The van der Waals surface area contributed by atoms with Crippen LogP contribution in [0.1, 0.15) is 11.5 Å². The molecule has 0 atom stereocenters. The van der Waals surface area contributed by atoms with E-state index in [4.69, 9.17) is 0 Å². The minimum absolute atomic E-state index is 0.196. The van der Waals surface area contributed by atoms with Gasteiger partial charge >= 0.3 is 0 Å². The summed E-state index contributed by atoms with van der Waals surface area (Å²) in [6, 6.07) is 5.12. The number of hydrogen-bond acceptors (Lipinski definition) is 7. The van der Waals surface area contributed by atoms with E-state index in [2.05, 4.69) is 15.3 Å². The predicted molar refractivity (Wildman–Crippen MR) is 73.8 cm³/mol. The van der Waals surface area contributed by atoms with Crippen LogP contribution in [0.3, 0.4) is 0 Å². The lowest BCUT2D eigenvalue weighted by molar-refractivity contribution is -0.393. The Kier molecular flexibility index (Phi) is 4.02. The van der Waals surface area contributed by atoms with Crippen LogP contribution in [0.5, 0.6) is 0 Å². The standard InChI is InChI=1S/C12H11N5O4/c1-8-13-5-4-9(15-8)7-14-11-3-2-10(16(18)19)6-12(11)17(20)21/h2-6,14H,7H2,1H3. The van der Waals surface area contributed by atoms with Crippen LogP contribution < -0.4 is 5.32 Å². The van der Waals surface area contributed by atoms with Crippen LogP contribution in [0.2, 0.25) is 0 Å². The molecule has 2 rings (SSSR count). The largest absolute Gasteiger partial charge is 0.374 e. The van der Waals surface area contributed by atoms with Crippen molar-refractivity contribution in [1.82, 2.24) is 9.97 Å². The minimum Gasteiger partial charge on any atom is -0.374 e. The van der Waals surface area contributed by atoms with Gasteiger partial charge in [-0.15, -0.1) is 0 Å². The van der Waals surface area contributed by atoms with Crippen LogP contribution in [0.25, 0.3) is 0 Å². The molecule has 0 saturated carbocycles.